The second kappa shape index (κ2) is 6.03. The Labute approximate surface area is 109 Å². The van der Waals surface area contributed by atoms with E-state index in [4.69, 9.17) is 5.11 Å². The number of aliphatic hydroxyl groups is 1. The average molecular weight is 246 g/mol. The number of nitrogens with zero attached hydrogens (tertiary/aromatic N) is 2. The van der Waals surface area contributed by atoms with Crippen molar-refractivity contribution in [3.05, 3.63) is 42.0 Å². The van der Waals surface area contributed by atoms with Crippen LogP contribution in [0.1, 0.15) is 11.1 Å². The highest BCUT2D eigenvalue weighted by Gasteiger charge is 2.16. The van der Waals surface area contributed by atoms with Crippen LogP contribution in [0.5, 0.6) is 0 Å². The van der Waals surface area contributed by atoms with E-state index in [1.54, 1.807) is 0 Å². The van der Waals surface area contributed by atoms with E-state index in [0.29, 0.717) is 6.54 Å². The van der Waals surface area contributed by atoms with E-state index in [2.05, 4.69) is 41.6 Å². The Bertz CT molecular complexity index is 417. The maximum atomic E-state index is 9.05. The average Bonchev–Trinajstić information content (AvgIpc) is 2.71. The first-order valence-electron chi connectivity index (χ1n) is 6.51. The number of hydrogen-bond donors (Lipinski definition) is 1. The molecule has 18 heavy (non-hydrogen) atoms. The third kappa shape index (κ3) is 2.92. The molecule has 1 aromatic rings. The van der Waals surface area contributed by atoms with Crippen molar-refractivity contribution in [2.45, 2.75) is 13.0 Å². The lowest BCUT2D eigenvalue weighted by Crippen LogP contribution is -2.26. The molecule has 1 aliphatic heterocycles. The number of rotatable bonds is 6. The summed E-state index contributed by atoms with van der Waals surface area (Å²) >= 11 is 0. The standard InChI is InChI=1S/C15H22N2O/c1-3-7-17(9-10-18)12-13-4-5-15-14(11-13)6-8-16(15)2/h3-5,11,18H,1,6-10,12H2,2H3. The van der Waals surface area contributed by atoms with Crippen LogP contribution in [-0.2, 0) is 13.0 Å². The molecule has 1 N–H and O–H groups in total. The summed E-state index contributed by atoms with van der Waals surface area (Å²) in [5.41, 5.74) is 4.12. The molecule has 0 amide bonds. The van der Waals surface area contributed by atoms with Crippen molar-refractivity contribution in [1.82, 2.24) is 4.90 Å². The van der Waals surface area contributed by atoms with Gasteiger partial charge in [-0.15, -0.1) is 6.58 Å². The first-order valence-corrected chi connectivity index (χ1v) is 6.51. The fourth-order valence-electron chi connectivity index (χ4n) is 2.54. The van der Waals surface area contributed by atoms with Crippen molar-refractivity contribution in [2.75, 3.05) is 38.2 Å². The number of hydrogen-bond acceptors (Lipinski definition) is 3. The molecule has 0 fully saturated rings. The van der Waals surface area contributed by atoms with Crippen molar-refractivity contribution in [2.24, 2.45) is 0 Å². The van der Waals surface area contributed by atoms with Gasteiger partial charge in [0.15, 0.2) is 0 Å². The summed E-state index contributed by atoms with van der Waals surface area (Å²) < 4.78 is 0. The van der Waals surface area contributed by atoms with Crippen molar-refractivity contribution < 1.29 is 5.11 Å². The molecular weight excluding hydrogens is 224 g/mol. The van der Waals surface area contributed by atoms with Gasteiger partial charge in [0.2, 0.25) is 0 Å². The fraction of sp³-hybridized carbons (Fsp3) is 0.467. The topological polar surface area (TPSA) is 26.7 Å². The van der Waals surface area contributed by atoms with Crippen molar-refractivity contribution >= 4 is 5.69 Å². The smallest absolute Gasteiger partial charge is 0.0558 e. The van der Waals surface area contributed by atoms with E-state index < -0.39 is 0 Å². The van der Waals surface area contributed by atoms with Crippen LogP contribution in [-0.4, -0.2) is 43.3 Å². The van der Waals surface area contributed by atoms with Gasteiger partial charge in [0.1, 0.15) is 0 Å². The molecule has 0 saturated carbocycles. The second-order valence-electron chi connectivity index (χ2n) is 4.88. The van der Waals surface area contributed by atoms with E-state index in [1.165, 1.54) is 16.8 Å². The van der Waals surface area contributed by atoms with Gasteiger partial charge in [0.05, 0.1) is 6.61 Å². The number of likely N-dealkylation sites (N-methyl/N-ethyl adjacent to an activating group) is 1. The Balaban J connectivity index is 2.07. The van der Waals surface area contributed by atoms with Gasteiger partial charge >= 0.3 is 0 Å². The molecule has 0 aliphatic carbocycles. The largest absolute Gasteiger partial charge is 0.395 e. The lowest BCUT2D eigenvalue weighted by Gasteiger charge is -2.20. The minimum Gasteiger partial charge on any atom is -0.395 e. The number of aliphatic hydroxyl groups excluding tert-OH is 1. The third-order valence-corrected chi connectivity index (χ3v) is 3.48. The molecule has 0 radical (unpaired) electrons. The van der Waals surface area contributed by atoms with Gasteiger partial charge in [-0.1, -0.05) is 18.2 Å². The van der Waals surface area contributed by atoms with Gasteiger partial charge < -0.3 is 10.0 Å². The Morgan fingerprint density at radius 2 is 2.33 bits per heavy atom. The van der Waals surface area contributed by atoms with Crippen LogP contribution in [0.15, 0.2) is 30.9 Å². The molecule has 0 atom stereocenters. The molecule has 1 aliphatic rings. The quantitative estimate of drug-likeness (QED) is 0.773. The van der Waals surface area contributed by atoms with Crippen molar-refractivity contribution in [3.8, 4) is 0 Å². The Kier molecular flexibility index (Phi) is 4.39. The normalized spacial score (nSPS) is 14.1. The van der Waals surface area contributed by atoms with Crippen LogP contribution >= 0.6 is 0 Å². The minimum absolute atomic E-state index is 0.196. The zero-order valence-corrected chi connectivity index (χ0v) is 11.1. The summed E-state index contributed by atoms with van der Waals surface area (Å²) in [6, 6.07) is 6.70. The van der Waals surface area contributed by atoms with Crippen LogP contribution in [0.25, 0.3) is 0 Å². The lowest BCUT2D eigenvalue weighted by atomic mass is 10.1. The van der Waals surface area contributed by atoms with Gasteiger partial charge in [-0.25, -0.2) is 0 Å². The van der Waals surface area contributed by atoms with Gasteiger partial charge in [-0.3, -0.25) is 4.90 Å². The maximum Gasteiger partial charge on any atom is 0.0558 e. The monoisotopic (exact) mass is 246 g/mol. The number of anilines is 1. The molecule has 3 nitrogen and oxygen atoms in total. The molecule has 98 valence electrons. The summed E-state index contributed by atoms with van der Waals surface area (Å²) in [7, 11) is 2.14. The molecule has 0 unspecified atom stereocenters. The molecule has 0 spiro atoms. The lowest BCUT2D eigenvalue weighted by molar-refractivity contribution is 0.203. The first kappa shape index (κ1) is 13.1. The second-order valence-corrected chi connectivity index (χ2v) is 4.88. The first-order chi connectivity index (χ1) is 8.74. The molecule has 1 heterocycles. The molecule has 3 heteroatoms. The zero-order valence-electron chi connectivity index (χ0n) is 11.1. The Morgan fingerprint density at radius 3 is 3.06 bits per heavy atom. The van der Waals surface area contributed by atoms with E-state index >= 15 is 0 Å². The highest BCUT2D eigenvalue weighted by Crippen LogP contribution is 2.27. The molecular formula is C15H22N2O. The third-order valence-electron chi connectivity index (χ3n) is 3.48. The predicted molar refractivity (Wildman–Crippen MR) is 76.0 cm³/mol. The van der Waals surface area contributed by atoms with E-state index in [0.717, 1.165) is 26.1 Å². The van der Waals surface area contributed by atoms with Gasteiger partial charge in [-0.05, 0) is 23.6 Å². The molecule has 0 aromatic heterocycles. The summed E-state index contributed by atoms with van der Waals surface area (Å²) in [5.74, 6) is 0. The van der Waals surface area contributed by atoms with Gasteiger partial charge in [0, 0.05) is 38.9 Å². The van der Waals surface area contributed by atoms with Gasteiger partial charge in [0.25, 0.3) is 0 Å². The zero-order chi connectivity index (χ0) is 13.0. The maximum absolute atomic E-state index is 9.05. The van der Waals surface area contributed by atoms with Crippen LogP contribution in [0.2, 0.25) is 0 Å². The van der Waals surface area contributed by atoms with Crippen LogP contribution < -0.4 is 4.90 Å². The molecule has 0 bridgehead atoms. The summed E-state index contributed by atoms with van der Waals surface area (Å²) in [4.78, 5) is 4.50. The molecule has 2 rings (SSSR count). The fourth-order valence-corrected chi connectivity index (χ4v) is 2.54. The highest BCUT2D eigenvalue weighted by molar-refractivity contribution is 5.58. The minimum atomic E-state index is 0.196. The summed E-state index contributed by atoms with van der Waals surface area (Å²) in [5, 5.41) is 9.05. The van der Waals surface area contributed by atoms with Gasteiger partial charge in [-0.2, -0.15) is 0 Å². The number of benzene rings is 1. The van der Waals surface area contributed by atoms with Crippen molar-refractivity contribution in [3.63, 3.8) is 0 Å². The Hall–Kier alpha value is -1.32. The Morgan fingerprint density at radius 1 is 1.50 bits per heavy atom. The van der Waals surface area contributed by atoms with Crippen LogP contribution in [0.4, 0.5) is 5.69 Å². The van der Waals surface area contributed by atoms with Crippen LogP contribution in [0, 0.1) is 0 Å². The summed E-state index contributed by atoms with van der Waals surface area (Å²) in [6.45, 7) is 7.47. The van der Waals surface area contributed by atoms with E-state index in [9.17, 15) is 0 Å². The highest BCUT2D eigenvalue weighted by atomic mass is 16.3. The van der Waals surface area contributed by atoms with Crippen LogP contribution in [0.3, 0.4) is 0 Å². The SMILES string of the molecule is C=CCN(CCO)Cc1ccc2c(c1)CCN2C. The predicted octanol–water partition coefficient (Wildman–Crippen LogP) is 1.66. The summed E-state index contributed by atoms with van der Waals surface area (Å²) in [6.07, 6.45) is 3.03. The molecule has 1 aromatic carbocycles. The van der Waals surface area contributed by atoms with E-state index in [1.807, 2.05) is 6.08 Å². The van der Waals surface area contributed by atoms with E-state index in [-0.39, 0.29) is 6.61 Å². The number of fused-ring (bicyclic) bond motifs is 1. The molecule has 0 saturated heterocycles. The van der Waals surface area contributed by atoms with Crippen molar-refractivity contribution in [1.29, 1.82) is 0 Å².